The van der Waals surface area contributed by atoms with E-state index in [1.54, 1.807) is 62.6 Å². The molecule has 0 aliphatic carbocycles. The van der Waals surface area contributed by atoms with Crippen molar-refractivity contribution in [2.24, 2.45) is 0 Å². The molecule has 2 unspecified atom stereocenters. The fourth-order valence-corrected chi connectivity index (χ4v) is 4.87. The molecule has 45 heavy (non-hydrogen) atoms. The first-order valence-corrected chi connectivity index (χ1v) is 15.3. The Labute approximate surface area is 264 Å². The summed E-state index contributed by atoms with van der Waals surface area (Å²) in [5.41, 5.74) is 1.24. The molecule has 2 aromatic rings. The zero-order valence-electron chi connectivity index (χ0n) is 26.1. The van der Waals surface area contributed by atoms with Gasteiger partial charge in [-0.3, -0.25) is 9.59 Å². The second-order valence-electron chi connectivity index (χ2n) is 10.5. The number of ether oxygens (including phenoxy) is 7. The van der Waals surface area contributed by atoms with Gasteiger partial charge in [0.15, 0.2) is 41.4 Å². The van der Waals surface area contributed by atoms with Crippen molar-refractivity contribution in [3.63, 3.8) is 0 Å². The van der Waals surface area contributed by atoms with E-state index in [0.29, 0.717) is 47.3 Å². The number of allylic oxidation sites excluding steroid dienone is 2. The van der Waals surface area contributed by atoms with Crippen LogP contribution in [0, 0.1) is 0 Å². The third-order valence-corrected chi connectivity index (χ3v) is 7.26. The van der Waals surface area contributed by atoms with E-state index < -0.39 is 18.2 Å². The molecule has 242 valence electrons. The number of aliphatic hydroxyl groups excluding tert-OH is 1. The van der Waals surface area contributed by atoms with Crippen molar-refractivity contribution in [2.45, 2.75) is 64.4 Å². The highest BCUT2D eigenvalue weighted by atomic mass is 16.7. The number of benzene rings is 2. The van der Waals surface area contributed by atoms with Crippen LogP contribution in [0.4, 0.5) is 0 Å². The largest absolute Gasteiger partial charge is 0.508 e. The molecule has 2 atom stereocenters. The Balaban J connectivity index is 1.50. The Hall–Kier alpha value is -4.28. The summed E-state index contributed by atoms with van der Waals surface area (Å²) >= 11 is 0. The lowest BCUT2D eigenvalue weighted by atomic mass is 10.0. The van der Waals surface area contributed by atoms with Crippen molar-refractivity contribution in [1.29, 1.82) is 0 Å². The number of hydrogen-bond donors (Lipinski definition) is 1. The van der Waals surface area contributed by atoms with Crippen LogP contribution in [0.25, 0.3) is 12.2 Å². The molecule has 2 heterocycles. The second kappa shape index (κ2) is 17.3. The van der Waals surface area contributed by atoms with E-state index in [0.717, 1.165) is 38.5 Å². The zero-order valence-corrected chi connectivity index (χ0v) is 26.1. The first kappa shape index (κ1) is 33.6. The molecular formula is C35H42O10. The van der Waals surface area contributed by atoms with Crippen molar-refractivity contribution in [3.8, 4) is 23.0 Å². The van der Waals surface area contributed by atoms with Crippen LogP contribution < -0.4 is 18.9 Å². The molecule has 10 heteroatoms. The third-order valence-electron chi connectivity index (χ3n) is 7.26. The minimum absolute atomic E-state index is 0.108. The number of rotatable bonds is 14. The lowest BCUT2D eigenvalue weighted by molar-refractivity contribution is -0.142. The molecule has 1 N–H and O–H groups in total. The van der Waals surface area contributed by atoms with Gasteiger partial charge in [-0.1, -0.05) is 24.3 Å². The molecular weight excluding hydrogens is 580 g/mol. The zero-order chi connectivity index (χ0) is 32.0. The first-order chi connectivity index (χ1) is 21.9. The molecule has 10 nitrogen and oxygen atoms in total. The maximum absolute atomic E-state index is 13.3. The van der Waals surface area contributed by atoms with E-state index >= 15 is 0 Å². The fraction of sp³-hybridized carbons (Fsp3) is 0.429. The molecule has 0 spiro atoms. The van der Waals surface area contributed by atoms with E-state index in [-0.39, 0.29) is 30.5 Å². The number of esters is 1. The highest BCUT2D eigenvalue weighted by molar-refractivity contribution is 6.09. The van der Waals surface area contributed by atoms with Crippen LogP contribution in [0.5, 0.6) is 23.0 Å². The van der Waals surface area contributed by atoms with Gasteiger partial charge in [-0.05, 0) is 80.2 Å². The van der Waals surface area contributed by atoms with Gasteiger partial charge >= 0.3 is 5.97 Å². The van der Waals surface area contributed by atoms with E-state index in [1.807, 2.05) is 0 Å². The minimum Gasteiger partial charge on any atom is -0.508 e. The SMILES string of the molecule is CCOC(=O)C/C(C(=O)/C=C/c1ccc(OC2CCCCO2)c(OC)c1)=C(O)\C=C\c1ccc(OC2CCCCO2)c(OC)c1. The van der Waals surface area contributed by atoms with Gasteiger partial charge in [0.1, 0.15) is 5.76 Å². The monoisotopic (exact) mass is 622 g/mol. The van der Waals surface area contributed by atoms with Crippen molar-refractivity contribution in [1.82, 2.24) is 0 Å². The summed E-state index contributed by atoms with van der Waals surface area (Å²) in [5, 5.41) is 10.9. The van der Waals surface area contributed by atoms with Gasteiger partial charge in [0.25, 0.3) is 0 Å². The van der Waals surface area contributed by atoms with Crippen molar-refractivity contribution < 1.29 is 47.9 Å². The predicted octanol–water partition coefficient (Wildman–Crippen LogP) is 6.58. The molecule has 0 saturated carbocycles. The summed E-state index contributed by atoms with van der Waals surface area (Å²) in [6.45, 7) is 3.14. The Morgan fingerprint density at radius 3 is 1.80 bits per heavy atom. The molecule has 2 aliphatic rings. The van der Waals surface area contributed by atoms with E-state index in [4.69, 9.17) is 33.2 Å². The second-order valence-corrected chi connectivity index (χ2v) is 10.5. The number of hydrogen-bond acceptors (Lipinski definition) is 10. The van der Waals surface area contributed by atoms with Gasteiger partial charge in [0, 0.05) is 12.8 Å². The lowest BCUT2D eigenvalue weighted by Gasteiger charge is -2.24. The average Bonchev–Trinajstić information content (AvgIpc) is 3.07. The summed E-state index contributed by atoms with van der Waals surface area (Å²) in [7, 11) is 3.08. The molecule has 4 rings (SSSR count). The summed E-state index contributed by atoms with van der Waals surface area (Å²) in [4.78, 5) is 25.6. The summed E-state index contributed by atoms with van der Waals surface area (Å²) in [5.74, 6) is 0.537. The van der Waals surface area contributed by atoms with Crippen LogP contribution in [-0.2, 0) is 23.8 Å². The molecule has 0 bridgehead atoms. The van der Waals surface area contributed by atoms with Crippen LogP contribution in [0.3, 0.4) is 0 Å². The summed E-state index contributed by atoms with van der Waals surface area (Å²) in [6.07, 6.45) is 10.5. The molecule has 0 aromatic heterocycles. The van der Waals surface area contributed by atoms with Crippen molar-refractivity contribution in [3.05, 3.63) is 71.0 Å². The maximum Gasteiger partial charge on any atom is 0.310 e. The van der Waals surface area contributed by atoms with E-state index in [2.05, 4.69) is 0 Å². The molecule has 2 fully saturated rings. The molecule has 2 aromatic carbocycles. The van der Waals surface area contributed by atoms with Crippen LogP contribution in [0.2, 0.25) is 0 Å². The van der Waals surface area contributed by atoms with Crippen LogP contribution >= 0.6 is 0 Å². The minimum atomic E-state index is -0.629. The van der Waals surface area contributed by atoms with Crippen LogP contribution in [0.15, 0.2) is 59.9 Å². The van der Waals surface area contributed by atoms with Gasteiger partial charge in [-0.2, -0.15) is 0 Å². The van der Waals surface area contributed by atoms with Gasteiger partial charge in [-0.15, -0.1) is 0 Å². The normalized spacial score (nSPS) is 19.2. The lowest BCUT2D eigenvalue weighted by Crippen LogP contribution is -2.25. The van der Waals surface area contributed by atoms with E-state index in [9.17, 15) is 14.7 Å². The van der Waals surface area contributed by atoms with Gasteiger partial charge in [0.2, 0.25) is 0 Å². The number of aliphatic hydroxyl groups is 1. The third kappa shape index (κ3) is 10.1. The highest BCUT2D eigenvalue weighted by Crippen LogP contribution is 2.32. The number of ketones is 1. The van der Waals surface area contributed by atoms with Gasteiger partial charge in [-0.25, -0.2) is 0 Å². The fourth-order valence-electron chi connectivity index (χ4n) is 4.87. The molecule has 2 saturated heterocycles. The standard InChI is InChI=1S/C35H42O10/c1-4-41-33(38)23-26(27(36)15-11-24-13-17-29(31(21-24)39-2)44-34-9-5-7-19-42-34)28(37)16-12-25-14-18-30(32(22-25)40-3)45-35-10-6-8-20-43-35/h11-18,21-22,34-36H,4-10,19-20,23H2,1-3H3/b15-11+,16-12+,27-26-. The smallest absolute Gasteiger partial charge is 0.310 e. The Morgan fingerprint density at radius 1 is 0.800 bits per heavy atom. The van der Waals surface area contributed by atoms with E-state index in [1.165, 1.54) is 19.3 Å². The highest BCUT2D eigenvalue weighted by Gasteiger charge is 2.20. The molecule has 0 amide bonds. The van der Waals surface area contributed by atoms with Crippen molar-refractivity contribution >= 4 is 23.9 Å². The summed E-state index contributed by atoms with van der Waals surface area (Å²) < 4.78 is 39.3. The predicted molar refractivity (Wildman–Crippen MR) is 168 cm³/mol. The number of carbonyl (C=O) groups is 2. The number of methoxy groups -OCH3 is 2. The van der Waals surface area contributed by atoms with Gasteiger partial charge < -0.3 is 38.3 Å². The molecule has 2 aliphatic heterocycles. The van der Waals surface area contributed by atoms with Crippen LogP contribution in [0.1, 0.15) is 63.0 Å². The molecule has 0 radical (unpaired) electrons. The topological polar surface area (TPSA) is 119 Å². The number of carbonyl (C=O) groups excluding carboxylic acids is 2. The summed E-state index contributed by atoms with van der Waals surface area (Å²) in [6, 6.07) is 10.6. The quantitative estimate of drug-likeness (QED) is 0.107. The van der Waals surface area contributed by atoms with Gasteiger partial charge in [0.05, 0.1) is 46.0 Å². The maximum atomic E-state index is 13.3. The Bertz CT molecular complexity index is 1380. The Morgan fingerprint density at radius 2 is 1.33 bits per heavy atom. The Kier molecular flexibility index (Phi) is 12.9. The van der Waals surface area contributed by atoms with Crippen molar-refractivity contribution in [2.75, 3.05) is 34.0 Å². The first-order valence-electron chi connectivity index (χ1n) is 15.3. The average molecular weight is 623 g/mol. The van der Waals surface area contributed by atoms with Crippen LogP contribution in [-0.4, -0.2) is 63.5 Å².